The average molecular weight is 560 g/mol. The van der Waals surface area contributed by atoms with Crippen LogP contribution < -0.4 is 0 Å². The van der Waals surface area contributed by atoms with Crippen LogP contribution in [-0.4, -0.2) is 10.2 Å². The fourth-order valence-corrected chi connectivity index (χ4v) is 4.84. The van der Waals surface area contributed by atoms with Crippen LogP contribution in [0, 0.1) is 0 Å². The summed E-state index contributed by atoms with van der Waals surface area (Å²) in [6.07, 6.45) is -1.54. The second-order valence-electron chi connectivity index (χ2n) is 10.4. The van der Waals surface area contributed by atoms with E-state index in [1.807, 2.05) is 36.4 Å². The highest BCUT2D eigenvalue weighted by Crippen LogP contribution is 2.38. The van der Waals surface area contributed by atoms with Crippen molar-refractivity contribution < 1.29 is 10.2 Å². The zero-order valence-corrected chi connectivity index (χ0v) is 22.8. The molecule has 0 radical (unpaired) electrons. The van der Waals surface area contributed by atoms with Crippen LogP contribution in [0.4, 0.5) is 0 Å². The predicted octanol–water partition coefficient (Wildman–Crippen LogP) is 7.97. The molecular weight excluding hydrogens is 528 g/mol. The maximum Gasteiger partial charge on any atom is 0.105 e. The monoisotopic (exact) mass is 558 g/mol. The van der Waals surface area contributed by atoms with Crippen LogP contribution in [0.25, 0.3) is 0 Å². The molecule has 2 N–H and O–H groups in total. The van der Waals surface area contributed by atoms with Crippen LogP contribution >= 0.6 is 31.9 Å². The van der Waals surface area contributed by atoms with Gasteiger partial charge in [0.05, 0.1) is 0 Å². The molecule has 2 unspecified atom stereocenters. The molecule has 0 heterocycles. The van der Waals surface area contributed by atoms with Gasteiger partial charge in [-0.3, -0.25) is 0 Å². The SMILES string of the molecule is CC(C)(C)c1ccc(C(O)c2cc(Br)c(C(O)c3ccc(C(C)(C)C)cc3)cc2Br)cc1. The molecule has 4 heteroatoms. The topological polar surface area (TPSA) is 40.5 Å². The Morgan fingerprint density at radius 2 is 0.844 bits per heavy atom. The van der Waals surface area contributed by atoms with Gasteiger partial charge in [0.25, 0.3) is 0 Å². The molecule has 3 aromatic rings. The summed E-state index contributed by atoms with van der Waals surface area (Å²) in [5.41, 5.74) is 5.74. The molecular formula is C28H32Br2O2. The largest absolute Gasteiger partial charge is 0.384 e. The van der Waals surface area contributed by atoms with Crippen molar-refractivity contribution in [1.29, 1.82) is 0 Å². The molecule has 0 aromatic heterocycles. The molecule has 2 atom stereocenters. The smallest absolute Gasteiger partial charge is 0.105 e. The van der Waals surface area contributed by atoms with Crippen LogP contribution in [0.2, 0.25) is 0 Å². The highest BCUT2D eigenvalue weighted by molar-refractivity contribution is 9.11. The summed E-state index contributed by atoms with van der Waals surface area (Å²) in [5, 5.41) is 22.1. The number of rotatable bonds is 4. The second kappa shape index (κ2) is 9.42. The average Bonchev–Trinajstić information content (AvgIpc) is 2.73. The number of halogens is 2. The van der Waals surface area contributed by atoms with E-state index >= 15 is 0 Å². The Hall–Kier alpha value is -1.46. The van der Waals surface area contributed by atoms with E-state index in [1.165, 1.54) is 11.1 Å². The van der Waals surface area contributed by atoms with E-state index in [4.69, 9.17) is 0 Å². The van der Waals surface area contributed by atoms with E-state index in [-0.39, 0.29) is 10.8 Å². The zero-order chi connectivity index (χ0) is 23.8. The summed E-state index contributed by atoms with van der Waals surface area (Å²) >= 11 is 7.22. The molecule has 0 fully saturated rings. The van der Waals surface area contributed by atoms with Crippen LogP contribution in [0.3, 0.4) is 0 Å². The van der Waals surface area contributed by atoms with Crippen molar-refractivity contribution >= 4 is 31.9 Å². The van der Waals surface area contributed by atoms with Crippen molar-refractivity contribution in [1.82, 2.24) is 0 Å². The van der Waals surface area contributed by atoms with Crippen molar-refractivity contribution in [3.63, 3.8) is 0 Å². The van der Waals surface area contributed by atoms with Crippen LogP contribution in [0.1, 0.15) is 87.1 Å². The van der Waals surface area contributed by atoms with Gasteiger partial charge < -0.3 is 10.2 Å². The van der Waals surface area contributed by atoms with Crippen molar-refractivity contribution in [2.75, 3.05) is 0 Å². The van der Waals surface area contributed by atoms with Crippen molar-refractivity contribution in [2.24, 2.45) is 0 Å². The van der Waals surface area contributed by atoms with Gasteiger partial charge in [0, 0.05) is 20.1 Å². The summed E-state index contributed by atoms with van der Waals surface area (Å²) in [6.45, 7) is 13.0. The van der Waals surface area contributed by atoms with E-state index in [1.54, 1.807) is 0 Å². The van der Waals surface area contributed by atoms with E-state index in [9.17, 15) is 10.2 Å². The minimum Gasteiger partial charge on any atom is -0.384 e. The molecule has 0 saturated carbocycles. The molecule has 0 aliphatic rings. The molecule has 3 aromatic carbocycles. The van der Waals surface area contributed by atoms with Gasteiger partial charge in [-0.1, -0.05) is 122 Å². The standard InChI is InChI=1S/C28H32Br2O2/c1-27(2,3)19-11-7-17(8-12-19)25(31)21-15-24(30)22(16-23(21)29)26(32)18-9-13-20(14-10-18)28(4,5)6/h7-16,25-26,31-32H,1-6H3. The molecule has 3 rings (SSSR count). The Bertz CT molecular complexity index is 983. The molecule has 0 amide bonds. The third-order valence-corrected chi connectivity index (χ3v) is 7.26. The molecule has 170 valence electrons. The van der Waals surface area contributed by atoms with Gasteiger partial charge in [0.1, 0.15) is 12.2 Å². The van der Waals surface area contributed by atoms with E-state index in [0.29, 0.717) is 0 Å². The van der Waals surface area contributed by atoms with Crippen LogP contribution in [-0.2, 0) is 10.8 Å². The lowest BCUT2D eigenvalue weighted by molar-refractivity contribution is 0.215. The molecule has 2 nitrogen and oxygen atoms in total. The van der Waals surface area contributed by atoms with Crippen molar-refractivity contribution in [3.8, 4) is 0 Å². The number of aliphatic hydroxyl groups is 2. The van der Waals surface area contributed by atoms with Crippen molar-refractivity contribution in [2.45, 2.75) is 64.6 Å². The minimum atomic E-state index is -0.771. The normalized spacial score (nSPS) is 14.3. The summed E-state index contributed by atoms with van der Waals surface area (Å²) < 4.78 is 1.52. The maximum atomic E-state index is 11.0. The summed E-state index contributed by atoms with van der Waals surface area (Å²) in [4.78, 5) is 0. The number of hydrogen-bond donors (Lipinski definition) is 2. The lowest BCUT2D eigenvalue weighted by Gasteiger charge is -2.22. The van der Waals surface area contributed by atoms with Gasteiger partial charge in [0.2, 0.25) is 0 Å². The number of aliphatic hydroxyl groups excluding tert-OH is 2. The minimum absolute atomic E-state index is 0.0654. The molecule has 0 bridgehead atoms. The number of hydrogen-bond acceptors (Lipinski definition) is 2. The Morgan fingerprint density at radius 3 is 1.09 bits per heavy atom. The second-order valence-corrected chi connectivity index (χ2v) is 12.2. The summed E-state index contributed by atoms with van der Waals surface area (Å²) in [7, 11) is 0. The fraction of sp³-hybridized carbons (Fsp3) is 0.357. The Labute approximate surface area is 209 Å². The first-order chi connectivity index (χ1) is 14.8. The highest BCUT2D eigenvalue weighted by Gasteiger charge is 2.22. The zero-order valence-electron chi connectivity index (χ0n) is 19.6. The lowest BCUT2D eigenvalue weighted by atomic mass is 9.85. The molecule has 0 aliphatic heterocycles. The predicted molar refractivity (Wildman–Crippen MR) is 140 cm³/mol. The number of benzene rings is 3. The maximum absolute atomic E-state index is 11.0. The lowest BCUT2D eigenvalue weighted by Crippen LogP contribution is -2.11. The van der Waals surface area contributed by atoms with E-state index in [2.05, 4.69) is 97.7 Å². The summed E-state index contributed by atoms with van der Waals surface area (Å²) in [6, 6.07) is 20.0. The van der Waals surface area contributed by atoms with E-state index < -0.39 is 12.2 Å². The van der Waals surface area contributed by atoms with Gasteiger partial charge in [-0.2, -0.15) is 0 Å². The first-order valence-electron chi connectivity index (χ1n) is 10.8. The molecule has 32 heavy (non-hydrogen) atoms. The quantitative estimate of drug-likeness (QED) is 0.340. The van der Waals surface area contributed by atoms with Crippen LogP contribution in [0.5, 0.6) is 0 Å². The third-order valence-electron chi connectivity index (χ3n) is 5.89. The first-order valence-corrected chi connectivity index (χ1v) is 12.4. The molecule has 0 spiro atoms. The van der Waals surface area contributed by atoms with Gasteiger partial charge in [-0.15, -0.1) is 0 Å². The van der Waals surface area contributed by atoms with Gasteiger partial charge in [0.15, 0.2) is 0 Å². The third kappa shape index (κ3) is 5.53. The van der Waals surface area contributed by atoms with Gasteiger partial charge in [-0.25, -0.2) is 0 Å². The Kier molecular flexibility index (Phi) is 7.41. The van der Waals surface area contributed by atoms with Gasteiger partial charge >= 0.3 is 0 Å². The molecule has 0 aliphatic carbocycles. The Morgan fingerprint density at radius 1 is 0.562 bits per heavy atom. The Balaban J connectivity index is 1.89. The van der Waals surface area contributed by atoms with E-state index in [0.717, 1.165) is 31.2 Å². The van der Waals surface area contributed by atoms with Crippen molar-refractivity contribution in [3.05, 3.63) is 103 Å². The first kappa shape index (κ1) is 25.2. The summed E-state index contributed by atoms with van der Waals surface area (Å²) in [5.74, 6) is 0. The van der Waals surface area contributed by atoms with Crippen LogP contribution in [0.15, 0.2) is 69.6 Å². The fourth-order valence-electron chi connectivity index (χ4n) is 3.69. The highest BCUT2D eigenvalue weighted by atomic mass is 79.9. The molecule has 0 saturated heterocycles. The van der Waals surface area contributed by atoms with Gasteiger partial charge in [-0.05, 0) is 45.2 Å².